The minimum atomic E-state index is 0.333. The highest BCUT2D eigenvalue weighted by atomic mass is 35.5. The molecule has 20 heavy (non-hydrogen) atoms. The molecule has 1 saturated carbocycles. The number of aromatic nitrogens is 2. The van der Waals surface area contributed by atoms with Gasteiger partial charge in [0.15, 0.2) is 0 Å². The van der Waals surface area contributed by atoms with Gasteiger partial charge in [-0.3, -0.25) is 0 Å². The average Bonchev–Trinajstić information content (AvgIpc) is 2.74. The van der Waals surface area contributed by atoms with Crippen LogP contribution in [0.25, 0.3) is 10.9 Å². The normalized spacial score (nSPS) is 17.1. The van der Waals surface area contributed by atoms with Gasteiger partial charge in [0.05, 0.1) is 5.52 Å². The zero-order valence-corrected chi connectivity index (χ0v) is 12.6. The Morgan fingerprint density at radius 1 is 1.05 bits per heavy atom. The number of hydrogen-bond acceptors (Lipinski definition) is 3. The largest absolute Gasteiger partial charge is 0.356 e. The first-order valence-corrected chi connectivity index (χ1v) is 7.78. The molecule has 1 aliphatic carbocycles. The molecule has 0 N–H and O–H groups in total. The molecule has 0 spiro atoms. The van der Waals surface area contributed by atoms with Gasteiger partial charge in [0, 0.05) is 18.5 Å². The molecule has 2 aromatic rings. The van der Waals surface area contributed by atoms with Crippen molar-refractivity contribution in [3.8, 4) is 0 Å². The average molecular weight is 290 g/mol. The van der Waals surface area contributed by atoms with Crippen molar-refractivity contribution in [2.45, 2.75) is 44.6 Å². The lowest BCUT2D eigenvalue weighted by atomic mass is 10.1. The van der Waals surface area contributed by atoms with Crippen LogP contribution in [-0.4, -0.2) is 23.1 Å². The molecule has 0 aliphatic heterocycles. The van der Waals surface area contributed by atoms with Gasteiger partial charge in [-0.2, -0.15) is 4.98 Å². The highest BCUT2D eigenvalue weighted by molar-refractivity contribution is 6.28. The zero-order chi connectivity index (χ0) is 13.9. The second-order valence-electron chi connectivity index (χ2n) is 5.59. The van der Waals surface area contributed by atoms with E-state index in [1.807, 2.05) is 18.2 Å². The van der Waals surface area contributed by atoms with Crippen LogP contribution >= 0.6 is 11.6 Å². The molecule has 3 nitrogen and oxygen atoms in total. The molecule has 0 unspecified atom stereocenters. The molecule has 1 aromatic heterocycles. The van der Waals surface area contributed by atoms with Crippen LogP contribution in [0.5, 0.6) is 0 Å². The van der Waals surface area contributed by atoms with Gasteiger partial charge in [0.25, 0.3) is 0 Å². The Morgan fingerprint density at radius 2 is 1.75 bits per heavy atom. The molecule has 0 bridgehead atoms. The minimum absolute atomic E-state index is 0.333. The standard InChI is InChI=1S/C16H20ClN3/c1-20(12-8-4-2-3-5-9-12)15-13-10-6-7-11-14(13)18-16(17)19-15/h6-7,10-12H,2-5,8-9H2,1H3. The Balaban J connectivity index is 1.99. The number of fused-ring (bicyclic) bond motifs is 1. The van der Waals surface area contributed by atoms with Gasteiger partial charge in [-0.15, -0.1) is 0 Å². The van der Waals surface area contributed by atoms with Crippen molar-refractivity contribution in [1.82, 2.24) is 9.97 Å². The quantitative estimate of drug-likeness (QED) is 0.604. The predicted molar refractivity (Wildman–Crippen MR) is 84.4 cm³/mol. The summed E-state index contributed by atoms with van der Waals surface area (Å²) in [6, 6.07) is 8.65. The Labute approximate surface area is 125 Å². The molecular formula is C16H20ClN3. The maximum atomic E-state index is 6.09. The van der Waals surface area contributed by atoms with Crippen molar-refractivity contribution in [2.24, 2.45) is 0 Å². The fraction of sp³-hybridized carbons (Fsp3) is 0.500. The van der Waals surface area contributed by atoms with Crippen LogP contribution in [0.4, 0.5) is 5.82 Å². The van der Waals surface area contributed by atoms with Crippen LogP contribution in [0.15, 0.2) is 24.3 Å². The molecular weight excluding hydrogens is 270 g/mol. The van der Waals surface area contributed by atoms with E-state index in [0.717, 1.165) is 16.7 Å². The number of rotatable bonds is 2. The number of benzene rings is 1. The van der Waals surface area contributed by atoms with E-state index in [1.54, 1.807) is 0 Å². The van der Waals surface area contributed by atoms with Crippen LogP contribution in [0.2, 0.25) is 5.28 Å². The van der Waals surface area contributed by atoms with Crippen molar-refractivity contribution in [3.05, 3.63) is 29.5 Å². The third-order valence-electron chi connectivity index (χ3n) is 4.26. The van der Waals surface area contributed by atoms with E-state index < -0.39 is 0 Å². The molecule has 0 amide bonds. The van der Waals surface area contributed by atoms with Crippen molar-refractivity contribution in [2.75, 3.05) is 11.9 Å². The first-order valence-electron chi connectivity index (χ1n) is 7.41. The molecule has 1 heterocycles. The van der Waals surface area contributed by atoms with Gasteiger partial charge in [0.2, 0.25) is 5.28 Å². The highest BCUT2D eigenvalue weighted by Gasteiger charge is 2.20. The van der Waals surface area contributed by atoms with Crippen molar-refractivity contribution in [3.63, 3.8) is 0 Å². The first kappa shape index (κ1) is 13.6. The summed E-state index contributed by atoms with van der Waals surface area (Å²) in [5, 5.41) is 1.42. The van der Waals surface area contributed by atoms with Gasteiger partial charge < -0.3 is 4.90 Å². The van der Waals surface area contributed by atoms with E-state index in [2.05, 4.69) is 28.0 Å². The minimum Gasteiger partial charge on any atom is -0.356 e. The maximum Gasteiger partial charge on any atom is 0.224 e. The van der Waals surface area contributed by atoms with Gasteiger partial charge in [-0.25, -0.2) is 4.98 Å². The van der Waals surface area contributed by atoms with Gasteiger partial charge >= 0.3 is 0 Å². The van der Waals surface area contributed by atoms with E-state index in [4.69, 9.17) is 11.6 Å². The molecule has 3 rings (SSSR count). The van der Waals surface area contributed by atoms with Crippen molar-refractivity contribution >= 4 is 28.3 Å². The SMILES string of the molecule is CN(c1nc(Cl)nc2ccccc12)C1CCCCCC1. The predicted octanol–water partition coefficient (Wildman–Crippen LogP) is 4.44. The number of para-hydroxylation sites is 1. The van der Waals surface area contributed by atoms with Crippen molar-refractivity contribution < 1.29 is 0 Å². The number of nitrogens with zero attached hydrogens (tertiary/aromatic N) is 3. The molecule has 0 saturated heterocycles. The van der Waals surface area contributed by atoms with Crippen LogP contribution < -0.4 is 4.90 Å². The molecule has 106 valence electrons. The van der Waals surface area contributed by atoms with E-state index in [-0.39, 0.29) is 0 Å². The van der Waals surface area contributed by atoms with E-state index in [1.165, 1.54) is 38.5 Å². The van der Waals surface area contributed by atoms with Crippen LogP contribution in [0.3, 0.4) is 0 Å². The lowest BCUT2D eigenvalue weighted by Gasteiger charge is -2.29. The Hall–Kier alpha value is -1.35. The summed E-state index contributed by atoms with van der Waals surface area (Å²) in [6.07, 6.45) is 7.82. The summed E-state index contributed by atoms with van der Waals surface area (Å²) in [4.78, 5) is 11.1. The summed E-state index contributed by atoms with van der Waals surface area (Å²) < 4.78 is 0. The van der Waals surface area contributed by atoms with Crippen LogP contribution in [0.1, 0.15) is 38.5 Å². The second kappa shape index (κ2) is 5.96. The Kier molecular flexibility index (Phi) is 4.06. The van der Waals surface area contributed by atoms with E-state index >= 15 is 0 Å². The van der Waals surface area contributed by atoms with E-state index in [9.17, 15) is 0 Å². The second-order valence-corrected chi connectivity index (χ2v) is 5.93. The van der Waals surface area contributed by atoms with E-state index in [0.29, 0.717) is 11.3 Å². The molecule has 1 aliphatic rings. The lowest BCUT2D eigenvalue weighted by Crippen LogP contribution is -2.32. The van der Waals surface area contributed by atoms with Gasteiger partial charge in [-0.05, 0) is 36.6 Å². The number of hydrogen-bond donors (Lipinski definition) is 0. The maximum absolute atomic E-state index is 6.09. The summed E-state index contributed by atoms with van der Waals surface area (Å²) in [5.41, 5.74) is 0.919. The first-order chi connectivity index (χ1) is 9.75. The Morgan fingerprint density at radius 3 is 2.50 bits per heavy atom. The van der Waals surface area contributed by atoms with Crippen molar-refractivity contribution in [1.29, 1.82) is 0 Å². The highest BCUT2D eigenvalue weighted by Crippen LogP contribution is 2.29. The van der Waals surface area contributed by atoms with Crippen LogP contribution in [0, 0.1) is 0 Å². The molecule has 4 heteroatoms. The number of anilines is 1. The van der Waals surface area contributed by atoms with Gasteiger partial charge in [0.1, 0.15) is 5.82 Å². The van der Waals surface area contributed by atoms with Gasteiger partial charge in [-0.1, -0.05) is 37.8 Å². The molecule has 1 aromatic carbocycles. The third kappa shape index (κ3) is 2.73. The third-order valence-corrected chi connectivity index (χ3v) is 4.43. The van der Waals surface area contributed by atoms with Crippen LogP contribution in [-0.2, 0) is 0 Å². The monoisotopic (exact) mass is 289 g/mol. The summed E-state index contributed by atoms with van der Waals surface area (Å²) in [7, 11) is 2.14. The summed E-state index contributed by atoms with van der Waals surface area (Å²) >= 11 is 6.09. The lowest BCUT2D eigenvalue weighted by molar-refractivity contribution is 0.550. The molecule has 0 atom stereocenters. The summed E-state index contributed by atoms with van der Waals surface area (Å²) in [6.45, 7) is 0. The molecule has 1 fully saturated rings. The fourth-order valence-electron chi connectivity index (χ4n) is 3.12. The fourth-order valence-corrected chi connectivity index (χ4v) is 3.29. The number of halogens is 1. The molecule has 0 radical (unpaired) electrons. The smallest absolute Gasteiger partial charge is 0.224 e. The Bertz CT molecular complexity index is 591. The zero-order valence-electron chi connectivity index (χ0n) is 11.8. The summed E-state index contributed by atoms with van der Waals surface area (Å²) in [5.74, 6) is 0.965. The topological polar surface area (TPSA) is 29.0 Å².